The Hall–Kier alpha value is -3.52. The largest absolute Gasteiger partial charge is 0.376 e. The number of pyridine rings is 1. The van der Waals surface area contributed by atoms with Gasteiger partial charge in [-0.15, -0.1) is 5.10 Å². The van der Waals surface area contributed by atoms with E-state index in [0.717, 1.165) is 61.8 Å². The van der Waals surface area contributed by atoms with E-state index >= 15 is 0 Å². The topological polar surface area (TPSA) is 88.9 Å². The molecule has 2 aliphatic heterocycles. The molecule has 6 rings (SSSR count). The minimum Gasteiger partial charge on any atom is -0.376 e. The number of ether oxygens (including phenoxy) is 1. The average molecular weight is 471 g/mol. The van der Waals surface area contributed by atoms with Crippen molar-refractivity contribution in [1.82, 2.24) is 25.2 Å². The Morgan fingerprint density at radius 3 is 2.94 bits per heavy atom. The fourth-order valence-electron chi connectivity index (χ4n) is 5.49. The second-order valence-electron chi connectivity index (χ2n) is 9.51. The van der Waals surface area contributed by atoms with Gasteiger partial charge in [-0.1, -0.05) is 31.2 Å². The summed E-state index contributed by atoms with van der Waals surface area (Å²) in [6, 6.07) is 16.3. The SMILES string of the molecule is CCc1ccc2[nH]c(=O)c([C@@H](c3nnnn3C[C@H]3CCCO3)N3CCCc4ccccc43)cc2c1. The van der Waals surface area contributed by atoms with Crippen LogP contribution in [0.15, 0.2) is 53.3 Å². The lowest BCUT2D eigenvalue weighted by atomic mass is 9.96. The van der Waals surface area contributed by atoms with Crippen LogP contribution >= 0.6 is 0 Å². The van der Waals surface area contributed by atoms with Gasteiger partial charge < -0.3 is 14.6 Å². The van der Waals surface area contributed by atoms with Crippen molar-refractivity contribution in [3.05, 3.63) is 81.4 Å². The summed E-state index contributed by atoms with van der Waals surface area (Å²) in [5.41, 5.74) is 5.04. The van der Waals surface area contributed by atoms with Gasteiger partial charge in [0, 0.05) is 29.9 Å². The van der Waals surface area contributed by atoms with Crippen LogP contribution in [-0.4, -0.2) is 44.4 Å². The number of aromatic amines is 1. The van der Waals surface area contributed by atoms with Gasteiger partial charge in [-0.25, -0.2) is 4.68 Å². The maximum atomic E-state index is 13.6. The predicted octanol–water partition coefficient (Wildman–Crippen LogP) is 3.80. The molecule has 35 heavy (non-hydrogen) atoms. The van der Waals surface area contributed by atoms with Crippen LogP contribution in [0.5, 0.6) is 0 Å². The van der Waals surface area contributed by atoms with E-state index in [4.69, 9.17) is 4.74 Å². The van der Waals surface area contributed by atoms with Crippen LogP contribution in [0.2, 0.25) is 0 Å². The number of aryl methyl sites for hydroxylation is 2. The molecule has 0 radical (unpaired) electrons. The standard InChI is InChI=1S/C27H30N6O2/c1-2-18-11-12-23-20(15-18)16-22(27(34)28-23)25(32-13-5-8-19-7-3-4-10-24(19)32)26-29-30-31-33(26)17-21-9-6-14-35-21/h3-4,7,10-12,15-16,21,25H,2,5-6,8-9,13-14,17H2,1H3,(H,28,34)/t21-,25+/m1/s1. The molecule has 0 amide bonds. The van der Waals surface area contributed by atoms with Crippen molar-refractivity contribution in [1.29, 1.82) is 0 Å². The number of nitrogens with one attached hydrogen (secondary N) is 1. The summed E-state index contributed by atoms with van der Waals surface area (Å²) in [6.07, 6.45) is 5.10. The highest BCUT2D eigenvalue weighted by Gasteiger charge is 2.34. The molecule has 8 nitrogen and oxygen atoms in total. The Bertz CT molecular complexity index is 1400. The molecule has 0 spiro atoms. The van der Waals surface area contributed by atoms with Crippen LogP contribution < -0.4 is 10.5 Å². The fourth-order valence-corrected chi connectivity index (χ4v) is 5.49. The van der Waals surface area contributed by atoms with Crippen molar-refractivity contribution in [2.24, 2.45) is 0 Å². The van der Waals surface area contributed by atoms with Crippen LogP contribution in [0.1, 0.15) is 54.7 Å². The molecule has 2 aliphatic rings. The van der Waals surface area contributed by atoms with Gasteiger partial charge in [0.15, 0.2) is 5.82 Å². The molecular formula is C27H30N6O2. The van der Waals surface area contributed by atoms with E-state index in [-0.39, 0.29) is 11.7 Å². The van der Waals surface area contributed by atoms with Gasteiger partial charge in [0.2, 0.25) is 0 Å². The Morgan fingerprint density at radius 1 is 1.17 bits per heavy atom. The zero-order chi connectivity index (χ0) is 23.8. The predicted molar refractivity (Wildman–Crippen MR) is 135 cm³/mol. The van der Waals surface area contributed by atoms with E-state index in [1.54, 1.807) is 0 Å². The third kappa shape index (κ3) is 4.12. The second kappa shape index (κ2) is 9.26. The van der Waals surface area contributed by atoms with E-state index in [9.17, 15) is 4.79 Å². The van der Waals surface area contributed by atoms with Crippen LogP contribution in [0.25, 0.3) is 10.9 Å². The molecule has 1 fully saturated rings. The van der Waals surface area contributed by atoms with Crippen molar-refractivity contribution in [3.63, 3.8) is 0 Å². The second-order valence-corrected chi connectivity index (χ2v) is 9.51. The number of nitrogens with zero attached hydrogens (tertiary/aromatic N) is 5. The van der Waals surface area contributed by atoms with Gasteiger partial charge in [0.05, 0.1) is 12.6 Å². The molecule has 1 saturated heterocycles. The quantitative estimate of drug-likeness (QED) is 0.461. The molecule has 8 heteroatoms. The molecule has 0 aliphatic carbocycles. The summed E-state index contributed by atoms with van der Waals surface area (Å²) in [7, 11) is 0. The smallest absolute Gasteiger partial charge is 0.254 e. The third-order valence-corrected chi connectivity index (χ3v) is 7.30. The van der Waals surface area contributed by atoms with Gasteiger partial charge in [-0.3, -0.25) is 4.79 Å². The number of aromatic nitrogens is 5. The molecule has 4 heterocycles. The van der Waals surface area contributed by atoms with Crippen LogP contribution in [0.3, 0.4) is 0 Å². The molecule has 0 bridgehead atoms. The summed E-state index contributed by atoms with van der Waals surface area (Å²) in [5, 5.41) is 13.9. The normalized spacial score (nSPS) is 18.7. The molecule has 180 valence electrons. The molecule has 2 aromatic heterocycles. The lowest BCUT2D eigenvalue weighted by Crippen LogP contribution is -2.39. The van der Waals surface area contributed by atoms with Gasteiger partial charge >= 0.3 is 0 Å². The number of H-pyrrole nitrogens is 1. The van der Waals surface area contributed by atoms with Gasteiger partial charge in [0.1, 0.15) is 6.04 Å². The molecule has 0 unspecified atom stereocenters. The van der Waals surface area contributed by atoms with E-state index in [1.807, 2.05) is 16.8 Å². The first-order chi connectivity index (χ1) is 17.2. The van der Waals surface area contributed by atoms with Crippen molar-refractivity contribution < 1.29 is 4.74 Å². The van der Waals surface area contributed by atoms with E-state index in [0.29, 0.717) is 17.9 Å². The van der Waals surface area contributed by atoms with E-state index in [2.05, 4.69) is 68.7 Å². The summed E-state index contributed by atoms with van der Waals surface area (Å²) in [4.78, 5) is 19.0. The van der Waals surface area contributed by atoms with Gasteiger partial charge in [-0.2, -0.15) is 0 Å². The number of rotatable bonds is 6. The van der Waals surface area contributed by atoms with Crippen LogP contribution in [-0.2, 0) is 24.1 Å². The first-order valence-electron chi connectivity index (χ1n) is 12.6. The molecule has 2 aromatic carbocycles. The molecule has 2 atom stereocenters. The lowest BCUT2D eigenvalue weighted by molar-refractivity contribution is 0.0924. The highest BCUT2D eigenvalue weighted by atomic mass is 16.5. The number of para-hydroxylation sites is 1. The average Bonchev–Trinajstić information content (AvgIpc) is 3.57. The minimum absolute atomic E-state index is 0.0912. The first-order valence-corrected chi connectivity index (χ1v) is 12.6. The van der Waals surface area contributed by atoms with Crippen molar-refractivity contribution in [2.45, 2.75) is 57.7 Å². The monoisotopic (exact) mass is 470 g/mol. The Kier molecular flexibility index (Phi) is 5.82. The zero-order valence-corrected chi connectivity index (χ0v) is 20.0. The first kappa shape index (κ1) is 22.0. The van der Waals surface area contributed by atoms with Crippen LogP contribution in [0.4, 0.5) is 5.69 Å². The Labute approximate surface area is 203 Å². The molecule has 0 saturated carbocycles. The summed E-state index contributed by atoms with van der Waals surface area (Å²) in [6.45, 7) is 4.32. The fraction of sp³-hybridized carbons (Fsp3) is 0.407. The Morgan fingerprint density at radius 2 is 2.09 bits per heavy atom. The highest BCUT2D eigenvalue weighted by Crippen LogP contribution is 2.36. The maximum Gasteiger partial charge on any atom is 0.254 e. The van der Waals surface area contributed by atoms with Crippen molar-refractivity contribution >= 4 is 16.6 Å². The number of fused-ring (bicyclic) bond motifs is 2. The van der Waals surface area contributed by atoms with Gasteiger partial charge in [-0.05, 0) is 83.3 Å². The van der Waals surface area contributed by atoms with E-state index < -0.39 is 6.04 Å². The maximum absolute atomic E-state index is 13.6. The van der Waals surface area contributed by atoms with E-state index in [1.165, 1.54) is 11.1 Å². The van der Waals surface area contributed by atoms with Crippen molar-refractivity contribution in [2.75, 3.05) is 18.1 Å². The zero-order valence-electron chi connectivity index (χ0n) is 20.0. The number of tetrazole rings is 1. The third-order valence-electron chi connectivity index (χ3n) is 7.30. The number of benzene rings is 2. The molecule has 4 aromatic rings. The summed E-state index contributed by atoms with van der Waals surface area (Å²) < 4.78 is 7.71. The van der Waals surface area contributed by atoms with Gasteiger partial charge in [0.25, 0.3) is 5.56 Å². The highest BCUT2D eigenvalue weighted by molar-refractivity contribution is 5.80. The molecule has 1 N–H and O–H groups in total. The summed E-state index contributed by atoms with van der Waals surface area (Å²) in [5.74, 6) is 0.675. The number of hydrogen-bond donors (Lipinski definition) is 1. The lowest BCUT2D eigenvalue weighted by Gasteiger charge is -2.37. The van der Waals surface area contributed by atoms with Crippen LogP contribution in [0, 0.1) is 0 Å². The van der Waals surface area contributed by atoms with Crippen molar-refractivity contribution in [3.8, 4) is 0 Å². The Balaban J connectivity index is 1.52. The number of anilines is 1. The minimum atomic E-state index is -0.411. The summed E-state index contributed by atoms with van der Waals surface area (Å²) >= 11 is 0. The number of hydrogen-bond acceptors (Lipinski definition) is 6. The molecular weight excluding hydrogens is 440 g/mol.